The molecule has 0 heterocycles. The van der Waals surface area contributed by atoms with Crippen molar-refractivity contribution in [2.45, 2.75) is 26.3 Å². The fourth-order valence-corrected chi connectivity index (χ4v) is 2.94. The molecule has 1 unspecified atom stereocenters. The van der Waals surface area contributed by atoms with Gasteiger partial charge in [0.15, 0.2) is 0 Å². The molecule has 0 aliphatic heterocycles. The van der Waals surface area contributed by atoms with Crippen LogP contribution in [-0.2, 0) is 6.42 Å². The van der Waals surface area contributed by atoms with Gasteiger partial charge in [0.1, 0.15) is 0 Å². The van der Waals surface area contributed by atoms with Crippen molar-refractivity contribution in [1.82, 2.24) is 0 Å². The van der Waals surface area contributed by atoms with E-state index in [1.54, 1.807) is 0 Å². The molecule has 1 aromatic carbocycles. The lowest BCUT2D eigenvalue weighted by Crippen LogP contribution is -2.26. The fourth-order valence-electron chi connectivity index (χ4n) is 1.46. The van der Waals surface area contributed by atoms with Gasteiger partial charge in [0, 0.05) is 16.3 Å². The highest BCUT2D eigenvalue weighted by Gasteiger charge is 2.07. The van der Waals surface area contributed by atoms with E-state index in [4.69, 9.17) is 5.73 Å². The Balaban J connectivity index is 2.34. The summed E-state index contributed by atoms with van der Waals surface area (Å²) in [4.78, 5) is 0. The zero-order valence-electron chi connectivity index (χ0n) is 9.95. The molecule has 1 aromatic rings. The first kappa shape index (κ1) is 14.1. The van der Waals surface area contributed by atoms with E-state index in [-0.39, 0.29) is 6.04 Å². The first-order chi connectivity index (χ1) is 7.59. The summed E-state index contributed by atoms with van der Waals surface area (Å²) in [6, 6.07) is 8.56. The molecule has 90 valence electrons. The molecule has 0 radical (unpaired) electrons. The Kier molecular flexibility index (Phi) is 6.47. The van der Waals surface area contributed by atoms with Gasteiger partial charge in [-0.2, -0.15) is 11.8 Å². The summed E-state index contributed by atoms with van der Waals surface area (Å²) in [7, 11) is 0. The average molecular weight is 302 g/mol. The summed E-state index contributed by atoms with van der Waals surface area (Å²) >= 11 is 5.51. The number of hydrogen-bond acceptors (Lipinski definition) is 2. The van der Waals surface area contributed by atoms with Gasteiger partial charge in [-0.3, -0.25) is 0 Å². The molecule has 1 nitrogen and oxygen atoms in total. The summed E-state index contributed by atoms with van der Waals surface area (Å²) in [5.41, 5.74) is 7.42. The minimum absolute atomic E-state index is 0.252. The maximum absolute atomic E-state index is 6.12. The van der Waals surface area contributed by atoms with Gasteiger partial charge in [-0.25, -0.2) is 0 Å². The molecule has 1 atom stereocenters. The summed E-state index contributed by atoms with van der Waals surface area (Å²) in [5, 5.41) is 0. The van der Waals surface area contributed by atoms with E-state index < -0.39 is 0 Å². The van der Waals surface area contributed by atoms with E-state index in [0.29, 0.717) is 0 Å². The van der Waals surface area contributed by atoms with Crippen molar-refractivity contribution in [3.05, 3.63) is 34.3 Å². The summed E-state index contributed by atoms with van der Waals surface area (Å²) in [6.45, 7) is 4.48. The molecule has 0 amide bonds. The van der Waals surface area contributed by atoms with Gasteiger partial charge in [-0.15, -0.1) is 0 Å². The number of thioether (sulfide) groups is 1. The highest BCUT2D eigenvalue weighted by Crippen LogP contribution is 2.18. The van der Waals surface area contributed by atoms with Crippen LogP contribution in [0.15, 0.2) is 28.7 Å². The molecule has 0 spiro atoms. The van der Waals surface area contributed by atoms with Gasteiger partial charge >= 0.3 is 0 Å². The Morgan fingerprint density at radius 1 is 1.25 bits per heavy atom. The van der Waals surface area contributed by atoms with E-state index in [9.17, 15) is 0 Å². The summed E-state index contributed by atoms with van der Waals surface area (Å²) < 4.78 is 1.17. The smallest absolute Gasteiger partial charge is 0.0207 e. The Labute approximate surface area is 111 Å². The lowest BCUT2D eigenvalue weighted by molar-refractivity contribution is 0.730. The van der Waals surface area contributed by atoms with Crippen molar-refractivity contribution < 1.29 is 0 Å². The van der Waals surface area contributed by atoms with E-state index >= 15 is 0 Å². The first-order valence-corrected chi connectivity index (χ1v) is 7.61. The van der Waals surface area contributed by atoms with Crippen molar-refractivity contribution in [2.75, 3.05) is 11.5 Å². The van der Waals surface area contributed by atoms with Gasteiger partial charge in [-0.1, -0.05) is 48.0 Å². The van der Waals surface area contributed by atoms with Gasteiger partial charge < -0.3 is 5.73 Å². The van der Waals surface area contributed by atoms with Crippen LogP contribution in [0.3, 0.4) is 0 Å². The first-order valence-electron chi connectivity index (χ1n) is 5.66. The largest absolute Gasteiger partial charge is 0.327 e. The molecule has 0 aromatic heterocycles. The van der Waals surface area contributed by atoms with Crippen LogP contribution in [0.25, 0.3) is 0 Å². The van der Waals surface area contributed by atoms with Crippen molar-refractivity contribution in [1.29, 1.82) is 0 Å². The molecule has 0 aliphatic rings. The second-order valence-electron chi connectivity index (χ2n) is 4.49. The quantitative estimate of drug-likeness (QED) is 0.867. The zero-order valence-corrected chi connectivity index (χ0v) is 12.4. The summed E-state index contributed by atoms with van der Waals surface area (Å²) in [6.07, 6.45) is 0.951. The standard InChI is InChI=1S/C13H20BrNS/c1-10(2)8-16-9-12(15)7-11-5-3-4-6-13(11)14/h3-6,10,12H,7-9,15H2,1-2H3. The van der Waals surface area contributed by atoms with Crippen molar-refractivity contribution in [3.63, 3.8) is 0 Å². The Morgan fingerprint density at radius 3 is 2.56 bits per heavy atom. The van der Waals surface area contributed by atoms with Crippen molar-refractivity contribution in [3.8, 4) is 0 Å². The van der Waals surface area contributed by atoms with Crippen LogP contribution in [0.5, 0.6) is 0 Å². The van der Waals surface area contributed by atoms with Gasteiger partial charge in [-0.05, 0) is 29.7 Å². The van der Waals surface area contributed by atoms with Crippen LogP contribution in [0.1, 0.15) is 19.4 Å². The lowest BCUT2D eigenvalue weighted by atomic mass is 10.1. The summed E-state index contributed by atoms with van der Waals surface area (Å²) in [5.74, 6) is 2.99. The number of hydrogen-bond donors (Lipinski definition) is 1. The van der Waals surface area contributed by atoms with Crippen LogP contribution in [0.2, 0.25) is 0 Å². The second kappa shape index (κ2) is 7.36. The highest BCUT2D eigenvalue weighted by molar-refractivity contribution is 9.10. The molecule has 0 bridgehead atoms. The lowest BCUT2D eigenvalue weighted by Gasteiger charge is -2.13. The Bertz CT molecular complexity index is 315. The highest BCUT2D eigenvalue weighted by atomic mass is 79.9. The van der Waals surface area contributed by atoms with Crippen LogP contribution in [-0.4, -0.2) is 17.5 Å². The predicted octanol–water partition coefficient (Wildman–Crippen LogP) is 3.71. The number of benzene rings is 1. The van der Waals surface area contributed by atoms with E-state index in [0.717, 1.165) is 18.1 Å². The van der Waals surface area contributed by atoms with Gasteiger partial charge in [0.2, 0.25) is 0 Å². The van der Waals surface area contributed by atoms with E-state index in [1.807, 2.05) is 17.8 Å². The van der Waals surface area contributed by atoms with Crippen LogP contribution in [0.4, 0.5) is 0 Å². The third kappa shape index (κ3) is 5.37. The third-order valence-electron chi connectivity index (χ3n) is 2.22. The predicted molar refractivity (Wildman–Crippen MR) is 78.0 cm³/mol. The van der Waals surface area contributed by atoms with Gasteiger partial charge in [0.05, 0.1) is 0 Å². The van der Waals surface area contributed by atoms with Crippen LogP contribution in [0, 0.1) is 5.92 Å². The molecule has 0 aliphatic carbocycles. The number of nitrogens with two attached hydrogens (primary N) is 1. The normalized spacial score (nSPS) is 13.1. The molecule has 0 fully saturated rings. The van der Waals surface area contributed by atoms with Crippen LogP contribution < -0.4 is 5.73 Å². The van der Waals surface area contributed by atoms with E-state index in [2.05, 4.69) is 48.0 Å². The number of rotatable bonds is 6. The van der Waals surface area contributed by atoms with Gasteiger partial charge in [0.25, 0.3) is 0 Å². The minimum Gasteiger partial charge on any atom is -0.327 e. The average Bonchev–Trinajstić information content (AvgIpc) is 2.21. The molecular weight excluding hydrogens is 282 g/mol. The maximum Gasteiger partial charge on any atom is 0.0207 e. The zero-order chi connectivity index (χ0) is 12.0. The third-order valence-corrected chi connectivity index (χ3v) is 4.56. The van der Waals surface area contributed by atoms with Crippen molar-refractivity contribution in [2.24, 2.45) is 11.7 Å². The molecule has 0 saturated heterocycles. The number of halogens is 1. The van der Waals surface area contributed by atoms with E-state index in [1.165, 1.54) is 15.8 Å². The maximum atomic E-state index is 6.12. The molecule has 0 saturated carbocycles. The minimum atomic E-state index is 0.252. The molecule has 3 heteroatoms. The molecule has 2 N–H and O–H groups in total. The molecular formula is C13H20BrNS. The Hall–Kier alpha value is 0.01000. The SMILES string of the molecule is CC(C)CSCC(N)Cc1ccccc1Br. The topological polar surface area (TPSA) is 26.0 Å². The monoisotopic (exact) mass is 301 g/mol. The Morgan fingerprint density at radius 2 is 1.94 bits per heavy atom. The van der Waals surface area contributed by atoms with Crippen LogP contribution >= 0.6 is 27.7 Å². The second-order valence-corrected chi connectivity index (χ2v) is 6.42. The molecule has 16 heavy (non-hydrogen) atoms. The van der Waals surface area contributed by atoms with Crippen molar-refractivity contribution >= 4 is 27.7 Å². The molecule has 1 rings (SSSR count). The fraction of sp³-hybridized carbons (Fsp3) is 0.538.